The van der Waals surface area contributed by atoms with Gasteiger partial charge in [0.1, 0.15) is 11.9 Å². The highest BCUT2D eigenvalue weighted by molar-refractivity contribution is 6.09. The maximum atomic E-state index is 10.3. The standard InChI is InChI=1S/C6H5ClN2O3/c7-12-6-2-1-4(8)3-5(6)9(10)11/h1-3H,8H2. The second-order valence-electron chi connectivity index (χ2n) is 2.06. The Hall–Kier alpha value is -1.49. The predicted molar refractivity (Wildman–Crippen MR) is 44.0 cm³/mol. The fraction of sp³-hybridized carbons (Fsp3) is 0. The summed E-state index contributed by atoms with van der Waals surface area (Å²) in [6.07, 6.45) is 0. The van der Waals surface area contributed by atoms with Crippen LogP contribution in [0, 0.1) is 10.1 Å². The number of nitrogens with zero attached hydrogens (tertiary/aromatic N) is 1. The van der Waals surface area contributed by atoms with Crippen molar-refractivity contribution in [2.45, 2.75) is 0 Å². The monoisotopic (exact) mass is 188 g/mol. The molecule has 1 rings (SSSR count). The lowest BCUT2D eigenvalue weighted by molar-refractivity contribution is -0.385. The fourth-order valence-electron chi connectivity index (χ4n) is 0.742. The third-order valence-corrected chi connectivity index (χ3v) is 1.43. The molecule has 64 valence electrons. The van der Waals surface area contributed by atoms with Gasteiger partial charge in [0.05, 0.1) is 4.92 Å². The van der Waals surface area contributed by atoms with Gasteiger partial charge in [-0.05, 0) is 12.1 Å². The van der Waals surface area contributed by atoms with Crippen LogP contribution in [0.3, 0.4) is 0 Å². The summed E-state index contributed by atoms with van der Waals surface area (Å²) in [6.45, 7) is 0. The lowest BCUT2D eigenvalue weighted by atomic mass is 10.2. The number of nitrogen functional groups attached to an aromatic ring is 1. The fourth-order valence-corrected chi connectivity index (χ4v) is 0.873. The highest BCUT2D eigenvalue weighted by Crippen LogP contribution is 2.29. The van der Waals surface area contributed by atoms with E-state index < -0.39 is 4.92 Å². The van der Waals surface area contributed by atoms with E-state index in [-0.39, 0.29) is 11.4 Å². The van der Waals surface area contributed by atoms with Gasteiger partial charge in [-0.15, -0.1) is 0 Å². The molecule has 1 aromatic carbocycles. The van der Waals surface area contributed by atoms with E-state index in [0.717, 1.165) is 0 Å². The molecule has 0 fully saturated rings. The first-order valence-corrected chi connectivity index (χ1v) is 3.28. The highest BCUT2D eigenvalue weighted by atomic mass is 35.5. The Balaban J connectivity index is 3.21. The molecule has 1 aromatic rings. The smallest absolute Gasteiger partial charge is 0.315 e. The van der Waals surface area contributed by atoms with Crippen LogP contribution in [0.4, 0.5) is 11.4 Å². The van der Waals surface area contributed by atoms with Gasteiger partial charge in [0.2, 0.25) is 5.75 Å². The van der Waals surface area contributed by atoms with Crippen molar-refractivity contribution in [3.63, 3.8) is 0 Å². The van der Waals surface area contributed by atoms with E-state index in [0.29, 0.717) is 5.69 Å². The van der Waals surface area contributed by atoms with Crippen molar-refractivity contribution in [1.29, 1.82) is 0 Å². The number of halogens is 1. The summed E-state index contributed by atoms with van der Waals surface area (Å²) in [4.78, 5) is 9.73. The van der Waals surface area contributed by atoms with Crippen molar-refractivity contribution in [2.75, 3.05) is 5.73 Å². The Morgan fingerprint density at radius 1 is 1.58 bits per heavy atom. The van der Waals surface area contributed by atoms with Crippen LogP contribution in [-0.4, -0.2) is 4.92 Å². The van der Waals surface area contributed by atoms with Crippen molar-refractivity contribution < 1.29 is 9.21 Å². The van der Waals surface area contributed by atoms with E-state index >= 15 is 0 Å². The van der Waals surface area contributed by atoms with E-state index in [1.165, 1.54) is 18.2 Å². The molecule has 0 aromatic heterocycles. The van der Waals surface area contributed by atoms with Crippen molar-refractivity contribution in [3.05, 3.63) is 28.3 Å². The van der Waals surface area contributed by atoms with Crippen LogP contribution in [0.15, 0.2) is 18.2 Å². The Kier molecular flexibility index (Phi) is 2.35. The predicted octanol–water partition coefficient (Wildman–Crippen LogP) is 1.71. The first kappa shape index (κ1) is 8.61. The normalized spacial score (nSPS) is 9.42. The van der Waals surface area contributed by atoms with E-state index in [1.807, 2.05) is 0 Å². The van der Waals surface area contributed by atoms with Crippen LogP contribution in [0.1, 0.15) is 0 Å². The number of rotatable bonds is 2. The lowest BCUT2D eigenvalue weighted by Gasteiger charge is -1.98. The molecule has 0 aliphatic heterocycles. The third-order valence-electron chi connectivity index (χ3n) is 1.26. The summed E-state index contributed by atoms with van der Waals surface area (Å²) in [5.74, 6) is -0.0177. The van der Waals surface area contributed by atoms with Gasteiger partial charge < -0.3 is 10.0 Å². The van der Waals surface area contributed by atoms with Crippen molar-refractivity contribution >= 4 is 23.2 Å². The van der Waals surface area contributed by atoms with E-state index in [1.54, 1.807) is 0 Å². The number of anilines is 1. The number of benzene rings is 1. The summed E-state index contributed by atoms with van der Waals surface area (Å²) in [5.41, 5.74) is 5.36. The minimum absolute atomic E-state index is 0.0177. The Morgan fingerprint density at radius 3 is 2.75 bits per heavy atom. The average molecular weight is 189 g/mol. The second-order valence-corrected chi connectivity index (χ2v) is 2.22. The van der Waals surface area contributed by atoms with Gasteiger partial charge in [-0.3, -0.25) is 10.1 Å². The molecule has 0 bridgehead atoms. The van der Waals surface area contributed by atoms with Gasteiger partial charge in [0.15, 0.2) is 0 Å². The average Bonchev–Trinajstić information content (AvgIpc) is 2.04. The van der Waals surface area contributed by atoms with Crippen molar-refractivity contribution in [2.24, 2.45) is 0 Å². The molecule has 0 saturated heterocycles. The van der Waals surface area contributed by atoms with Gasteiger partial charge >= 0.3 is 5.69 Å². The summed E-state index contributed by atoms with van der Waals surface area (Å²) < 4.78 is 4.24. The van der Waals surface area contributed by atoms with Crippen molar-refractivity contribution in [3.8, 4) is 5.75 Å². The zero-order valence-corrected chi connectivity index (χ0v) is 6.62. The number of nitrogens with two attached hydrogens (primary N) is 1. The molecule has 0 aliphatic carbocycles. The van der Waals surface area contributed by atoms with E-state index in [9.17, 15) is 10.1 Å². The first-order valence-electron chi connectivity index (χ1n) is 2.97. The van der Waals surface area contributed by atoms with Crippen LogP contribution in [0.5, 0.6) is 5.75 Å². The molecular formula is C6H5ClN2O3. The number of hydrogen-bond acceptors (Lipinski definition) is 4. The molecule has 0 saturated carbocycles. The maximum absolute atomic E-state index is 10.3. The molecule has 0 atom stereocenters. The first-order chi connectivity index (χ1) is 5.65. The zero-order chi connectivity index (χ0) is 9.14. The van der Waals surface area contributed by atoms with Gasteiger partial charge in [-0.25, -0.2) is 0 Å². The van der Waals surface area contributed by atoms with Gasteiger partial charge in [0, 0.05) is 11.8 Å². The minimum Gasteiger partial charge on any atom is -0.399 e. The molecule has 5 nitrogen and oxygen atoms in total. The quantitative estimate of drug-likeness (QED) is 0.435. The molecule has 0 radical (unpaired) electrons. The molecule has 12 heavy (non-hydrogen) atoms. The summed E-state index contributed by atoms with van der Waals surface area (Å²) in [5, 5.41) is 10.3. The molecule has 0 unspecified atom stereocenters. The Bertz CT molecular complexity index is 316. The molecule has 0 spiro atoms. The molecule has 0 heterocycles. The van der Waals surface area contributed by atoms with Gasteiger partial charge in [0.25, 0.3) is 0 Å². The van der Waals surface area contributed by atoms with Gasteiger partial charge in [-0.1, -0.05) is 0 Å². The highest BCUT2D eigenvalue weighted by Gasteiger charge is 2.14. The minimum atomic E-state index is -0.617. The summed E-state index contributed by atoms with van der Waals surface area (Å²) in [6, 6.07) is 3.98. The molecular weight excluding hydrogens is 184 g/mol. The van der Waals surface area contributed by atoms with Crippen LogP contribution in [0.25, 0.3) is 0 Å². The Labute approximate surface area is 73.0 Å². The summed E-state index contributed by atoms with van der Waals surface area (Å²) >= 11 is 4.98. The topological polar surface area (TPSA) is 78.4 Å². The largest absolute Gasteiger partial charge is 0.399 e. The van der Waals surface area contributed by atoms with Crippen LogP contribution < -0.4 is 10.0 Å². The number of nitro groups is 1. The third kappa shape index (κ3) is 1.57. The SMILES string of the molecule is Nc1ccc(OCl)c([N+](=O)[O-])c1. The van der Waals surface area contributed by atoms with E-state index in [4.69, 9.17) is 17.6 Å². The lowest BCUT2D eigenvalue weighted by Crippen LogP contribution is -1.93. The maximum Gasteiger partial charge on any atom is 0.315 e. The molecule has 0 aliphatic rings. The molecule has 0 amide bonds. The summed E-state index contributed by atoms with van der Waals surface area (Å²) in [7, 11) is 0. The molecule has 6 heteroatoms. The van der Waals surface area contributed by atoms with Gasteiger partial charge in [-0.2, -0.15) is 0 Å². The second kappa shape index (κ2) is 3.27. The van der Waals surface area contributed by atoms with Crippen molar-refractivity contribution in [1.82, 2.24) is 0 Å². The Morgan fingerprint density at radius 2 is 2.25 bits per heavy atom. The number of nitro benzene ring substituents is 1. The van der Waals surface area contributed by atoms with E-state index in [2.05, 4.69) is 4.29 Å². The van der Waals surface area contributed by atoms with Crippen LogP contribution >= 0.6 is 11.9 Å². The number of hydrogen-bond donors (Lipinski definition) is 1. The van der Waals surface area contributed by atoms with Crippen LogP contribution in [0.2, 0.25) is 0 Å². The van der Waals surface area contributed by atoms with Crippen LogP contribution in [-0.2, 0) is 0 Å². The molecule has 2 N–H and O–H groups in total. The zero-order valence-electron chi connectivity index (χ0n) is 5.86.